The van der Waals surface area contributed by atoms with Gasteiger partial charge in [0.2, 0.25) is 0 Å². The second-order valence-electron chi connectivity index (χ2n) is 7.95. The molecule has 152 valence electrons. The fourth-order valence-corrected chi connectivity index (χ4v) is 4.34. The summed E-state index contributed by atoms with van der Waals surface area (Å²) < 4.78 is 6.96. The zero-order chi connectivity index (χ0) is 21.3. The van der Waals surface area contributed by atoms with Gasteiger partial charge in [0.05, 0.1) is 11.1 Å². The van der Waals surface area contributed by atoms with E-state index in [-0.39, 0.29) is 17.9 Å². The van der Waals surface area contributed by atoms with E-state index in [9.17, 15) is 9.59 Å². The summed E-state index contributed by atoms with van der Waals surface area (Å²) in [6.07, 6.45) is 3.41. The van der Waals surface area contributed by atoms with Crippen LogP contribution in [0, 0.1) is 19.3 Å². The van der Waals surface area contributed by atoms with Crippen LogP contribution in [-0.4, -0.2) is 19.9 Å². The number of hydrogen-bond donors (Lipinski definition) is 0. The van der Waals surface area contributed by atoms with Crippen molar-refractivity contribution >= 4 is 52.4 Å². The van der Waals surface area contributed by atoms with Gasteiger partial charge in [-0.25, -0.2) is 0 Å². The lowest BCUT2D eigenvalue weighted by atomic mass is 9.91. The number of ketones is 1. The topological polar surface area (TPSA) is 64.8 Å². The third-order valence-electron chi connectivity index (χ3n) is 4.46. The molecule has 8 heteroatoms. The Morgan fingerprint density at radius 1 is 1.28 bits per heavy atom. The Kier molecular flexibility index (Phi) is 6.22. The quantitative estimate of drug-likeness (QED) is 0.615. The van der Waals surface area contributed by atoms with Crippen LogP contribution in [-0.2, 0) is 11.3 Å². The number of carbonyl (C=O) groups excluding carboxylic acids is 1. The first-order chi connectivity index (χ1) is 13.6. The van der Waals surface area contributed by atoms with Crippen LogP contribution in [0.15, 0.2) is 23.0 Å². The molecule has 5 nitrogen and oxygen atoms in total. The minimum absolute atomic E-state index is 0.0481. The van der Waals surface area contributed by atoms with Crippen LogP contribution in [0.5, 0.6) is 0 Å². The lowest BCUT2D eigenvalue weighted by Crippen LogP contribution is -2.33. The lowest BCUT2D eigenvalue weighted by molar-refractivity contribution is -0.120. The molecule has 29 heavy (non-hydrogen) atoms. The minimum atomic E-state index is -0.540. The Morgan fingerprint density at radius 2 is 2.00 bits per heavy atom. The van der Waals surface area contributed by atoms with E-state index >= 15 is 0 Å². The maximum atomic E-state index is 13.2. The first-order valence-corrected chi connectivity index (χ1v) is 11.0. The predicted molar refractivity (Wildman–Crippen MR) is 120 cm³/mol. The normalized spacial score (nSPS) is 13.3. The average molecular weight is 448 g/mol. The van der Waals surface area contributed by atoms with Gasteiger partial charge in [0.25, 0.3) is 5.56 Å². The van der Waals surface area contributed by atoms with Crippen LogP contribution in [0.25, 0.3) is 12.2 Å². The van der Waals surface area contributed by atoms with Gasteiger partial charge in [0.1, 0.15) is 14.7 Å². The van der Waals surface area contributed by atoms with Crippen molar-refractivity contribution in [3.63, 3.8) is 0 Å². The molecule has 0 unspecified atom stereocenters. The van der Waals surface area contributed by atoms with E-state index in [1.165, 1.54) is 16.9 Å². The summed E-state index contributed by atoms with van der Waals surface area (Å²) in [4.78, 5) is 25.8. The van der Waals surface area contributed by atoms with Gasteiger partial charge in [-0.05, 0) is 31.1 Å². The molecule has 0 aliphatic rings. The van der Waals surface area contributed by atoms with Crippen LogP contribution in [0.4, 0.5) is 0 Å². The van der Waals surface area contributed by atoms with Crippen molar-refractivity contribution in [2.75, 3.05) is 0 Å². The van der Waals surface area contributed by atoms with E-state index in [2.05, 4.69) is 15.7 Å². The molecule has 0 saturated heterocycles. The van der Waals surface area contributed by atoms with Crippen LogP contribution in [0.3, 0.4) is 0 Å². The summed E-state index contributed by atoms with van der Waals surface area (Å²) in [5, 5.41) is 4.01. The number of hydrogen-bond acceptors (Lipinski definition) is 6. The summed E-state index contributed by atoms with van der Waals surface area (Å²) >= 11 is 8.51. The fourth-order valence-electron chi connectivity index (χ4n) is 2.69. The standard InChI is InChI=1S/C21H22ClN3O2S2/c1-12-6-7-14(13(2)8-12)9-16-20(27)25(11-15-19(22)29-24-23-15)18(28-16)10-17(26)21(3,4)5/h6-10H,11H2,1-5H3. The second kappa shape index (κ2) is 8.34. The molecule has 0 atom stereocenters. The van der Waals surface area contributed by atoms with Crippen molar-refractivity contribution < 1.29 is 4.79 Å². The van der Waals surface area contributed by atoms with Gasteiger partial charge in [0, 0.05) is 23.0 Å². The van der Waals surface area contributed by atoms with Gasteiger partial charge in [-0.3, -0.25) is 14.2 Å². The number of rotatable bonds is 4. The number of benzene rings is 1. The Morgan fingerprint density at radius 3 is 2.59 bits per heavy atom. The van der Waals surface area contributed by atoms with Gasteiger partial charge in [-0.1, -0.05) is 60.6 Å². The van der Waals surface area contributed by atoms with Crippen molar-refractivity contribution in [3.05, 3.63) is 64.5 Å². The molecule has 0 aliphatic carbocycles. The third-order valence-corrected chi connectivity index (χ3v) is 6.50. The fraction of sp³-hybridized carbons (Fsp3) is 0.333. The van der Waals surface area contributed by atoms with Crippen molar-refractivity contribution in [2.24, 2.45) is 5.41 Å². The highest BCUT2D eigenvalue weighted by molar-refractivity contribution is 7.10. The van der Waals surface area contributed by atoms with Crippen LogP contribution < -0.4 is 14.8 Å². The second-order valence-corrected chi connectivity index (χ2v) is 10.4. The van der Waals surface area contributed by atoms with Crippen LogP contribution >= 0.6 is 34.5 Å². The molecule has 3 rings (SSSR count). The van der Waals surface area contributed by atoms with Gasteiger partial charge < -0.3 is 0 Å². The van der Waals surface area contributed by atoms with E-state index in [0.717, 1.165) is 22.7 Å². The molecular weight excluding hydrogens is 426 g/mol. The number of Topliss-reactive ketones (excluding diaryl/α,β-unsaturated/α-hetero) is 1. The van der Waals surface area contributed by atoms with Gasteiger partial charge in [-0.15, -0.1) is 16.4 Å². The summed E-state index contributed by atoms with van der Waals surface area (Å²) in [6, 6.07) is 6.09. The Labute approximate surface area is 182 Å². The van der Waals surface area contributed by atoms with Gasteiger partial charge >= 0.3 is 0 Å². The molecule has 0 spiro atoms. The molecule has 0 amide bonds. The first-order valence-electron chi connectivity index (χ1n) is 9.08. The van der Waals surface area contributed by atoms with E-state index in [0.29, 0.717) is 19.2 Å². The predicted octanol–water partition coefficient (Wildman–Crippen LogP) is 3.30. The number of aromatic nitrogens is 3. The smallest absolute Gasteiger partial charge is 0.269 e. The van der Waals surface area contributed by atoms with Crippen molar-refractivity contribution in [1.29, 1.82) is 0 Å². The van der Waals surface area contributed by atoms with E-state index in [4.69, 9.17) is 11.6 Å². The maximum absolute atomic E-state index is 13.2. The first kappa shape index (κ1) is 21.6. The monoisotopic (exact) mass is 447 g/mol. The third kappa shape index (κ3) is 4.91. The molecule has 0 saturated carbocycles. The Hall–Kier alpha value is -2.09. The largest absolute Gasteiger partial charge is 0.294 e. The zero-order valence-electron chi connectivity index (χ0n) is 16.9. The van der Waals surface area contributed by atoms with Crippen LogP contribution in [0.1, 0.15) is 43.2 Å². The van der Waals surface area contributed by atoms with Gasteiger partial charge in [-0.2, -0.15) is 0 Å². The molecule has 2 heterocycles. The van der Waals surface area contributed by atoms with E-state index in [1.54, 1.807) is 10.6 Å². The summed E-state index contributed by atoms with van der Waals surface area (Å²) in [5.41, 5.74) is 3.04. The number of thiazole rings is 1. The number of aryl methyl sites for hydroxylation is 2. The molecule has 0 fully saturated rings. The highest BCUT2D eigenvalue weighted by Gasteiger charge is 2.20. The molecular formula is C21H22ClN3O2S2. The average Bonchev–Trinajstić information content (AvgIpc) is 3.15. The molecule has 1 aromatic carbocycles. The van der Waals surface area contributed by atoms with Gasteiger partial charge in [0.15, 0.2) is 5.78 Å². The molecule has 3 aromatic rings. The minimum Gasteiger partial charge on any atom is -0.294 e. The highest BCUT2D eigenvalue weighted by Crippen LogP contribution is 2.18. The number of carbonyl (C=O) groups is 1. The van der Waals surface area contributed by atoms with Crippen molar-refractivity contribution in [3.8, 4) is 0 Å². The SMILES string of the molecule is Cc1ccc(C=c2sc(=CC(=O)C(C)(C)C)n(Cc3nnsc3Cl)c2=O)c(C)c1. The summed E-state index contributed by atoms with van der Waals surface area (Å²) in [7, 11) is 0. The Bertz CT molecular complexity index is 1250. The lowest BCUT2D eigenvalue weighted by Gasteiger charge is -2.12. The maximum Gasteiger partial charge on any atom is 0.269 e. The summed E-state index contributed by atoms with van der Waals surface area (Å²) in [5.74, 6) is -0.0481. The van der Waals surface area contributed by atoms with Crippen molar-refractivity contribution in [2.45, 2.75) is 41.2 Å². The van der Waals surface area contributed by atoms with Crippen molar-refractivity contribution in [1.82, 2.24) is 14.2 Å². The molecule has 0 aliphatic heterocycles. The number of halogens is 1. The Balaban J connectivity index is 2.22. The number of nitrogens with zero attached hydrogens (tertiary/aromatic N) is 3. The zero-order valence-corrected chi connectivity index (χ0v) is 19.3. The summed E-state index contributed by atoms with van der Waals surface area (Å²) in [6.45, 7) is 9.78. The molecule has 0 bridgehead atoms. The molecule has 0 N–H and O–H groups in total. The molecule has 2 aromatic heterocycles. The van der Waals surface area contributed by atoms with E-state index < -0.39 is 5.41 Å². The molecule has 0 radical (unpaired) electrons. The highest BCUT2D eigenvalue weighted by atomic mass is 35.5. The van der Waals surface area contributed by atoms with Crippen LogP contribution in [0.2, 0.25) is 4.34 Å². The van der Waals surface area contributed by atoms with E-state index in [1.807, 2.05) is 52.8 Å².